The Bertz CT molecular complexity index is 480. The van der Waals surface area contributed by atoms with Crippen molar-refractivity contribution in [3.8, 4) is 6.07 Å². The van der Waals surface area contributed by atoms with E-state index in [0.29, 0.717) is 18.8 Å². The molecule has 1 aromatic heterocycles. The third kappa shape index (κ3) is 3.20. The molecule has 0 aliphatic carbocycles. The number of hydrogen-bond acceptors (Lipinski definition) is 4. The maximum atomic E-state index is 11.2. The lowest BCUT2D eigenvalue weighted by Gasteiger charge is -2.25. The molecule has 0 aromatic carbocycles. The second kappa shape index (κ2) is 6.01. The Hall–Kier alpha value is -2.09. The van der Waals surface area contributed by atoms with Crippen LogP contribution in [0.3, 0.4) is 0 Å². The largest absolute Gasteiger partial charge is 0.478 e. The van der Waals surface area contributed by atoms with Crippen molar-refractivity contribution in [1.82, 2.24) is 4.98 Å². The number of aromatic nitrogens is 1. The maximum Gasteiger partial charge on any atom is 0.339 e. The normalized spacial score (nSPS) is 11.7. The molecule has 0 radical (unpaired) electrons. The second-order valence-electron chi connectivity index (χ2n) is 4.22. The minimum Gasteiger partial charge on any atom is -0.478 e. The maximum absolute atomic E-state index is 11.2. The Balaban J connectivity index is 3.15. The van der Waals surface area contributed by atoms with E-state index in [0.717, 1.165) is 5.69 Å². The number of aromatic carboxylic acids is 1. The Kier molecular flexibility index (Phi) is 4.67. The van der Waals surface area contributed by atoms with Crippen LogP contribution in [-0.2, 0) is 0 Å². The van der Waals surface area contributed by atoms with E-state index in [-0.39, 0.29) is 11.5 Å². The van der Waals surface area contributed by atoms with Gasteiger partial charge in [-0.2, -0.15) is 5.26 Å². The second-order valence-corrected chi connectivity index (χ2v) is 4.22. The molecule has 18 heavy (non-hydrogen) atoms. The Morgan fingerprint density at radius 3 is 2.83 bits per heavy atom. The predicted octanol–water partition coefficient (Wildman–Crippen LogP) is 2.07. The van der Waals surface area contributed by atoms with E-state index in [9.17, 15) is 4.79 Å². The van der Waals surface area contributed by atoms with Gasteiger partial charge in [0.1, 0.15) is 5.56 Å². The molecule has 1 heterocycles. The van der Waals surface area contributed by atoms with Crippen molar-refractivity contribution in [2.45, 2.75) is 20.8 Å². The third-order valence-corrected chi connectivity index (χ3v) is 2.69. The molecule has 0 saturated heterocycles. The van der Waals surface area contributed by atoms with E-state index in [1.807, 2.05) is 25.7 Å². The van der Waals surface area contributed by atoms with Crippen LogP contribution in [0.2, 0.25) is 0 Å². The smallest absolute Gasteiger partial charge is 0.339 e. The van der Waals surface area contributed by atoms with E-state index in [4.69, 9.17) is 10.4 Å². The molecular formula is C13H17N3O2. The van der Waals surface area contributed by atoms with Gasteiger partial charge in [0, 0.05) is 25.0 Å². The number of rotatable bonds is 5. The Morgan fingerprint density at radius 2 is 2.33 bits per heavy atom. The first kappa shape index (κ1) is 14.0. The zero-order valence-corrected chi connectivity index (χ0v) is 10.8. The average Bonchev–Trinajstić information content (AvgIpc) is 2.35. The average molecular weight is 247 g/mol. The topological polar surface area (TPSA) is 77.2 Å². The van der Waals surface area contributed by atoms with E-state index in [1.54, 1.807) is 6.07 Å². The van der Waals surface area contributed by atoms with Crippen LogP contribution in [-0.4, -0.2) is 29.1 Å². The molecule has 1 N–H and O–H groups in total. The van der Waals surface area contributed by atoms with E-state index in [2.05, 4.69) is 11.1 Å². The zero-order chi connectivity index (χ0) is 13.7. The number of aryl methyl sites for hydroxylation is 1. The molecule has 1 aromatic rings. The summed E-state index contributed by atoms with van der Waals surface area (Å²) >= 11 is 0. The number of carbonyl (C=O) groups is 1. The van der Waals surface area contributed by atoms with Gasteiger partial charge in [-0.15, -0.1) is 0 Å². The molecule has 0 aliphatic rings. The molecule has 0 saturated carbocycles. The molecule has 1 unspecified atom stereocenters. The highest BCUT2D eigenvalue weighted by molar-refractivity contribution is 5.94. The fourth-order valence-corrected chi connectivity index (χ4v) is 1.74. The number of nitriles is 1. The van der Waals surface area contributed by atoms with Gasteiger partial charge < -0.3 is 10.0 Å². The van der Waals surface area contributed by atoms with Crippen LogP contribution in [0.5, 0.6) is 0 Å². The van der Waals surface area contributed by atoms with Crippen molar-refractivity contribution in [3.63, 3.8) is 0 Å². The minimum absolute atomic E-state index is 0.153. The summed E-state index contributed by atoms with van der Waals surface area (Å²) < 4.78 is 0. The lowest BCUT2D eigenvalue weighted by Crippen LogP contribution is -2.29. The van der Waals surface area contributed by atoms with Gasteiger partial charge in [0.25, 0.3) is 0 Å². The number of nitrogens with zero attached hydrogens (tertiary/aromatic N) is 3. The molecule has 0 fully saturated rings. The standard InChI is InChI=1S/C13H17N3O2/c1-4-16(8-9(2)6-14)12-5-10(3)15-7-11(12)13(17)18/h5,7,9H,4,8H2,1-3H3,(H,17,18). The molecule has 1 rings (SSSR count). The van der Waals surface area contributed by atoms with Gasteiger partial charge in [-0.05, 0) is 26.8 Å². The van der Waals surface area contributed by atoms with Gasteiger partial charge in [0.2, 0.25) is 0 Å². The van der Waals surface area contributed by atoms with E-state index < -0.39 is 5.97 Å². The van der Waals surface area contributed by atoms with Crippen molar-refractivity contribution >= 4 is 11.7 Å². The first-order chi connectivity index (χ1) is 8.49. The van der Waals surface area contributed by atoms with Gasteiger partial charge in [0.05, 0.1) is 17.7 Å². The molecule has 0 amide bonds. The van der Waals surface area contributed by atoms with Crippen molar-refractivity contribution in [1.29, 1.82) is 5.26 Å². The minimum atomic E-state index is -0.999. The highest BCUT2D eigenvalue weighted by atomic mass is 16.4. The summed E-state index contributed by atoms with van der Waals surface area (Å²) in [7, 11) is 0. The summed E-state index contributed by atoms with van der Waals surface area (Å²) in [6.45, 7) is 6.73. The molecule has 0 bridgehead atoms. The number of pyridine rings is 1. The highest BCUT2D eigenvalue weighted by Crippen LogP contribution is 2.21. The summed E-state index contributed by atoms with van der Waals surface area (Å²) in [4.78, 5) is 17.1. The number of carboxylic acids is 1. The summed E-state index contributed by atoms with van der Waals surface area (Å²) in [6, 6.07) is 3.91. The van der Waals surface area contributed by atoms with Gasteiger partial charge in [-0.1, -0.05) is 0 Å². The number of hydrogen-bond donors (Lipinski definition) is 1. The molecule has 0 spiro atoms. The lowest BCUT2D eigenvalue weighted by molar-refractivity contribution is 0.0697. The fraction of sp³-hybridized carbons (Fsp3) is 0.462. The number of carboxylic acid groups (broad SMARTS) is 1. The number of anilines is 1. The summed E-state index contributed by atoms with van der Waals surface area (Å²) in [5.74, 6) is -1.15. The highest BCUT2D eigenvalue weighted by Gasteiger charge is 2.17. The summed E-state index contributed by atoms with van der Waals surface area (Å²) in [5.41, 5.74) is 1.56. The fourth-order valence-electron chi connectivity index (χ4n) is 1.74. The van der Waals surface area contributed by atoms with Gasteiger partial charge in [-0.25, -0.2) is 4.79 Å². The first-order valence-corrected chi connectivity index (χ1v) is 5.84. The van der Waals surface area contributed by atoms with Crippen molar-refractivity contribution < 1.29 is 9.90 Å². The van der Waals surface area contributed by atoms with Crippen LogP contribution in [0, 0.1) is 24.2 Å². The van der Waals surface area contributed by atoms with Gasteiger partial charge in [-0.3, -0.25) is 4.98 Å². The van der Waals surface area contributed by atoms with Crippen LogP contribution in [0.15, 0.2) is 12.3 Å². The van der Waals surface area contributed by atoms with Gasteiger partial charge >= 0.3 is 5.97 Å². The van der Waals surface area contributed by atoms with Crippen LogP contribution < -0.4 is 4.90 Å². The molecule has 5 nitrogen and oxygen atoms in total. The summed E-state index contributed by atoms with van der Waals surface area (Å²) in [5, 5.41) is 18.0. The zero-order valence-electron chi connectivity index (χ0n) is 10.8. The Morgan fingerprint density at radius 1 is 1.67 bits per heavy atom. The molecule has 0 aliphatic heterocycles. The quantitative estimate of drug-likeness (QED) is 0.861. The van der Waals surface area contributed by atoms with Crippen LogP contribution in [0.4, 0.5) is 5.69 Å². The lowest BCUT2D eigenvalue weighted by atomic mass is 10.1. The van der Waals surface area contributed by atoms with E-state index in [1.165, 1.54) is 6.20 Å². The van der Waals surface area contributed by atoms with Crippen molar-refractivity contribution in [2.75, 3.05) is 18.0 Å². The van der Waals surface area contributed by atoms with Gasteiger partial charge in [0.15, 0.2) is 0 Å². The van der Waals surface area contributed by atoms with E-state index >= 15 is 0 Å². The first-order valence-electron chi connectivity index (χ1n) is 5.84. The third-order valence-electron chi connectivity index (χ3n) is 2.69. The predicted molar refractivity (Wildman–Crippen MR) is 68.6 cm³/mol. The van der Waals surface area contributed by atoms with Crippen LogP contribution >= 0.6 is 0 Å². The molecule has 5 heteroatoms. The summed E-state index contributed by atoms with van der Waals surface area (Å²) in [6.07, 6.45) is 1.37. The van der Waals surface area contributed by atoms with Crippen LogP contribution in [0.25, 0.3) is 0 Å². The molecule has 1 atom stereocenters. The monoisotopic (exact) mass is 247 g/mol. The SMILES string of the molecule is CCN(CC(C)C#N)c1cc(C)ncc1C(=O)O. The Labute approximate surface area is 107 Å². The van der Waals surface area contributed by atoms with Crippen LogP contribution in [0.1, 0.15) is 29.9 Å². The molecule has 96 valence electrons. The van der Waals surface area contributed by atoms with Crippen molar-refractivity contribution in [2.24, 2.45) is 5.92 Å². The molecular weight excluding hydrogens is 230 g/mol. The van der Waals surface area contributed by atoms with Crippen molar-refractivity contribution in [3.05, 3.63) is 23.5 Å².